The van der Waals surface area contributed by atoms with Crippen molar-refractivity contribution in [1.82, 2.24) is 15.2 Å². The van der Waals surface area contributed by atoms with Crippen molar-refractivity contribution in [2.24, 2.45) is 0 Å². The molecule has 2 rings (SSSR count). The largest absolute Gasteiger partial charge is 0.311 e. The van der Waals surface area contributed by atoms with Gasteiger partial charge >= 0.3 is 0 Å². The van der Waals surface area contributed by atoms with Crippen LogP contribution in [0.2, 0.25) is 0 Å². The van der Waals surface area contributed by atoms with Crippen LogP contribution in [0.15, 0.2) is 5.38 Å². The molecule has 0 amide bonds. The third kappa shape index (κ3) is 2.81. The predicted molar refractivity (Wildman–Crippen MR) is 68.8 cm³/mol. The van der Waals surface area contributed by atoms with Crippen molar-refractivity contribution in [2.75, 3.05) is 13.1 Å². The molecule has 0 aromatic carbocycles. The molecule has 90 valence electrons. The first-order valence-corrected chi connectivity index (χ1v) is 6.95. The number of nitrogens with one attached hydrogen (secondary N) is 1. The predicted octanol–water partition coefficient (Wildman–Crippen LogP) is 2.02. The van der Waals surface area contributed by atoms with Gasteiger partial charge in [0.05, 0.1) is 6.54 Å². The Balaban J connectivity index is 2.00. The van der Waals surface area contributed by atoms with E-state index >= 15 is 0 Å². The van der Waals surface area contributed by atoms with Crippen LogP contribution in [0, 0.1) is 6.92 Å². The SMILES string of the molecule is CCC1CNC(C)CN1Cc1nc(C)cs1. The molecule has 1 aromatic rings. The fourth-order valence-electron chi connectivity index (χ4n) is 2.28. The third-order valence-corrected chi connectivity index (χ3v) is 4.15. The maximum atomic E-state index is 4.56. The summed E-state index contributed by atoms with van der Waals surface area (Å²) in [6, 6.07) is 1.27. The lowest BCUT2D eigenvalue weighted by Crippen LogP contribution is -2.54. The summed E-state index contributed by atoms with van der Waals surface area (Å²) in [7, 11) is 0. The summed E-state index contributed by atoms with van der Waals surface area (Å²) in [5.74, 6) is 0. The van der Waals surface area contributed by atoms with E-state index in [4.69, 9.17) is 0 Å². The zero-order valence-corrected chi connectivity index (χ0v) is 11.2. The lowest BCUT2D eigenvalue weighted by molar-refractivity contribution is 0.124. The lowest BCUT2D eigenvalue weighted by atomic mass is 10.1. The van der Waals surface area contributed by atoms with Crippen LogP contribution in [0.1, 0.15) is 31.0 Å². The summed E-state index contributed by atoms with van der Waals surface area (Å²) in [6.07, 6.45) is 1.21. The fourth-order valence-corrected chi connectivity index (χ4v) is 3.07. The van der Waals surface area contributed by atoms with E-state index in [0.29, 0.717) is 12.1 Å². The number of hydrogen-bond acceptors (Lipinski definition) is 4. The quantitative estimate of drug-likeness (QED) is 0.875. The molecule has 0 aliphatic carbocycles. The minimum atomic E-state index is 0.601. The zero-order valence-electron chi connectivity index (χ0n) is 10.4. The summed E-state index contributed by atoms with van der Waals surface area (Å²) in [5.41, 5.74) is 1.15. The Morgan fingerprint density at radius 1 is 1.62 bits per heavy atom. The second-order valence-electron chi connectivity index (χ2n) is 4.68. The molecule has 1 fully saturated rings. The van der Waals surface area contributed by atoms with Crippen molar-refractivity contribution in [3.63, 3.8) is 0 Å². The van der Waals surface area contributed by atoms with E-state index in [9.17, 15) is 0 Å². The van der Waals surface area contributed by atoms with E-state index in [1.807, 2.05) is 0 Å². The summed E-state index contributed by atoms with van der Waals surface area (Å²) in [4.78, 5) is 7.12. The normalized spacial score (nSPS) is 27.2. The van der Waals surface area contributed by atoms with Crippen LogP contribution in [0.5, 0.6) is 0 Å². The van der Waals surface area contributed by atoms with Gasteiger partial charge < -0.3 is 5.32 Å². The molecule has 4 heteroatoms. The molecule has 2 heterocycles. The molecule has 2 atom stereocenters. The number of rotatable bonds is 3. The van der Waals surface area contributed by atoms with Crippen LogP contribution in [0.25, 0.3) is 0 Å². The Labute approximate surface area is 102 Å². The molecule has 1 aliphatic heterocycles. The van der Waals surface area contributed by atoms with Gasteiger partial charge in [0.2, 0.25) is 0 Å². The van der Waals surface area contributed by atoms with Crippen molar-refractivity contribution < 1.29 is 0 Å². The molecule has 3 nitrogen and oxygen atoms in total. The molecule has 0 spiro atoms. The molecule has 0 radical (unpaired) electrons. The Hall–Kier alpha value is -0.450. The number of aromatic nitrogens is 1. The van der Waals surface area contributed by atoms with Crippen LogP contribution in [0.4, 0.5) is 0 Å². The van der Waals surface area contributed by atoms with Gasteiger partial charge in [0.1, 0.15) is 5.01 Å². The monoisotopic (exact) mass is 239 g/mol. The summed E-state index contributed by atoms with van der Waals surface area (Å²) < 4.78 is 0. The van der Waals surface area contributed by atoms with Gasteiger partial charge in [0.15, 0.2) is 0 Å². The smallest absolute Gasteiger partial charge is 0.107 e. The molecule has 2 unspecified atom stereocenters. The van der Waals surface area contributed by atoms with Crippen molar-refractivity contribution in [2.45, 2.75) is 45.8 Å². The topological polar surface area (TPSA) is 28.2 Å². The van der Waals surface area contributed by atoms with Gasteiger partial charge in [-0.1, -0.05) is 6.92 Å². The van der Waals surface area contributed by atoms with Crippen molar-refractivity contribution >= 4 is 11.3 Å². The van der Waals surface area contributed by atoms with E-state index in [1.165, 1.54) is 11.4 Å². The number of hydrogen-bond donors (Lipinski definition) is 1. The zero-order chi connectivity index (χ0) is 11.5. The van der Waals surface area contributed by atoms with Crippen LogP contribution < -0.4 is 5.32 Å². The van der Waals surface area contributed by atoms with Gasteiger partial charge in [-0.3, -0.25) is 4.90 Å². The Bertz CT molecular complexity index is 337. The number of piperazine rings is 1. The molecule has 1 aromatic heterocycles. The highest BCUT2D eigenvalue weighted by Crippen LogP contribution is 2.17. The highest BCUT2D eigenvalue weighted by Gasteiger charge is 2.24. The van der Waals surface area contributed by atoms with E-state index in [-0.39, 0.29) is 0 Å². The Morgan fingerprint density at radius 2 is 2.44 bits per heavy atom. The lowest BCUT2D eigenvalue weighted by Gasteiger charge is -2.38. The maximum Gasteiger partial charge on any atom is 0.107 e. The molecular formula is C12H21N3S. The first-order chi connectivity index (χ1) is 7.69. The van der Waals surface area contributed by atoms with Crippen LogP contribution >= 0.6 is 11.3 Å². The average Bonchev–Trinajstić information content (AvgIpc) is 2.64. The first kappa shape index (κ1) is 12.0. The van der Waals surface area contributed by atoms with Gasteiger partial charge in [0.25, 0.3) is 0 Å². The molecule has 16 heavy (non-hydrogen) atoms. The molecule has 0 saturated carbocycles. The van der Waals surface area contributed by atoms with Gasteiger partial charge in [-0.05, 0) is 20.3 Å². The van der Waals surface area contributed by atoms with Gasteiger partial charge in [0, 0.05) is 36.2 Å². The van der Waals surface area contributed by atoms with Crippen LogP contribution in [0.3, 0.4) is 0 Å². The molecule has 0 bridgehead atoms. The van der Waals surface area contributed by atoms with E-state index in [1.54, 1.807) is 11.3 Å². The fraction of sp³-hybridized carbons (Fsp3) is 0.750. The second-order valence-corrected chi connectivity index (χ2v) is 5.63. The minimum Gasteiger partial charge on any atom is -0.311 e. The molecule has 1 saturated heterocycles. The van der Waals surface area contributed by atoms with Crippen LogP contribution in [-0.2, 0) is 6.54 Å². The van der Waals surface area contributed by atoms with Gasteiger partial charge in [-0.25, -0.2) is 4.98 Å². The van der Waals surface area contributed by atoms with Crippen LogP contribution in [-0.4, -0.2) is 35.1 Å². The van der Waals surface area contributed by atoms with Crippen molar-refractivity contribution in [3.05, 3.63) is 16.1 Å². The third-order valence-electron chi connectivity index (χ3n) is 3.20. The average molecular weight is 239 g/mol. The summed E-state index contributed by atoms with van der Waals surface area (Å²) >= 11 is 1.78. The second kappa shape index (κ2) is 5.25. The Kier molecular flexibility index (Phi) is 3.95. The van der Waals surface area contributed by atoms with Crippen molar-refractivity contribution in [3.8, 4) is 0 Å². The van der Waals surface area contributed by atoms with E-state index in [2.05, 4.69) is 41.4 Å². The summed E-state index contributed by atoms with van der Waals surface area (Å²) in [5, 5.41) is 6.94. The number of aryl methyl sites for hydroxylation is 1. The van der Waals surface area contributed by atoms with E-state index in [0.717, 1.165) is 25.3 Å². The first-order valence-electron chi connectivity index (χ1n) is 6.07. The van der Waals surface area contributed by atoms with Crippen molar-refractivity contribution in [1.29, 1.82) is 0 Å². The van der Waals surface area contributed by atoms with Gasteiger partial charge in [-0.2, -0.15) is 0 Å². The molecule has 1 N–H and O–H groups in total. The standard InChI is InChI=1S/C12H21N3S/c1-4-11-5-13-9(2)6-15(11)7-12-14-10(3)8-16-12/h8-9,11,13H,4-7H2,1-3H3. The summed E-state index contributed by atoms with van der Waals surface area (Å²) in [6.45, 7) is 9.86. The maximum absolute atomic E-state index is 4.56. The number of nitrogens with zero attached hydrogens (tertiary/aromatic N) is 2. The highest BCUT2D eigenvalue weighted by molar-refractivity contribution is 7.09. The van der Waals surface area contributed by atoms with Gasteiger partial charge in [-0.15, -0.1) is 11.3 Å². The van der Waals surface area contributed by atoms with E-state index < -0.39 is 0 Å². The Morgan fingerprint density at radius 3 is 3.06 bits per heavy atom. The molecule has 1 aliphatic rings. The minimum absolute atomic E-state index is 0.601. The molecular weight excluding hydrogens is 218 g/mol. The number of thiazole rings is 1. The highest BCUT2D eigenvalue weighted by atomic mass is 32.1.